The first kappa shape index (κ1) is 18.4. The van der Waals surface area contributed by atoms with Crippen molar-refractivity contribution in [2.45, 2.75) is 37.8 Å². The summed E-state index contributed by atoms with van der Waals surface area (Å²) in [5.74, 6) is 0. The second kappa shape index (κ2) is 9.33. The lowest BCUT2D eigenvalue weighted by Crippen LogP contribution is -2.15. The molecule has 2 unspecified atom stereocenters. The van der Waals surface area contributed by atoms with Crippen LogP contribution < -0.4 is 11.5 Å². The molecule has 0 bridgehead atoms. The van der Waals surface area contributed by atoms with Crippen LogP contribution in [0.5, 0.6) is 0 Å². The van der Waals surface area contributed by atoms with Crippen LogP contribution in [0.3, 0.4) is 0 Å². The van der Waals surface area contributed by atoms with Crippen molar-refractivity contribution in [3.8, 4) is 0 Å². The van der Waals surface area contributed by atoms with Gasteiger partial charge in [0.2, 0.25) is 0 Å². The second-order valence-electron chi connectivity index (χ2n) is 6.93. The number of aryl methyl sites for hydroxylation is 2. The predicted molar refractivity (Wildman–Crippen MR) is 110 cm³/mol. The standard InChI is InChI=1S/C24H28N2/c25-23(16-14-19-8-3-1-4-9-19)21-12-7-13-22(18-21)24(26)17-15-20-10-5-2-6-11-20/h1-13,18,23-24H,14-17,25-26H2. The molecule has 0 aliphatic carbocycles. The van der Waals surface area contributed by atoms with E-state index in [4.69, 9.17) is 11.5 Å². The lowest BCUT2D eigenvalue weighted by molar-refractivity contribution is 0.634. The van der Waals surface area contributed by atoms with Crippen LogP contribution in [0.1, 0.15) is 47.2 Å². The smallest absolute Gasteiger partial charge is 0.0298 e. The van der Waals surface area contributed by atoms with Gasteiger partial charge in [0, 0.05) is 12.1 Å². The molecular formula is C24H28N2. The third-order valence-corrected chi connectivity index (χ3v) is 4.94. The molecule has 0 aromatic heterocycles. The summed E-state index contributed by atoms with van der Waals surface area (Å²) in [6.45, 7) is 0. The van der Waals surface area contributed by atoms with Gasteiger partial charge in [-0.3, -0.25) is 0 Å². The van der Waals surface area contributed by atoms with E-state index < -0.39 is 0 Å². The highest BCUT2D eigenvalue weighted by atomic mass is 14.6. The summed E-state index contributed by atoms with van der Waals surface area (Å²) in [6, 6.07) is 29.6. The second-order valence-corrected chi connectivity index (χ2v) is 6.93. The van der Waals surface area contributed by atoms with Crippen molar-refractivity contribution in [1.29, 1.82) is 0 Å². The Morgan fingerprint density at radius 1 is 0.538 bits per heavy atom. The molecule has 26 heavy (non-hydrogen) atoms. The summed E-state index contributed by atoms with van der Waals surface area (Å²) in [5, 5.41) is 0. The summed E-state index contributed by atoms with van der Waals surface area (Å²) in [5.41, 5.74) is 17.9. The monoisotopic (exact) mass is 344 g/mol. The topological polar surface area (TPSA) is 52.0 Å². The fraction of sp³-hybridized carbons (Fsp3) is 0.250. The fourth-order valence-electron chi connectivity index (χ4n) is 3.29. The summed E-state index contributed by atoms with van der Waals surface area (Å²) in [7, 11) is 0. The van der Waals surface area contributed by atoms with E-state index in [-0.39, 0.29) is 12.1 Å². The Labute approximate surface area is 156 Å². The van der Waals surface area contributed by atoms with E-state index in [9.17, 15) is 0 Å². The van der Waals surface area contributed by atoms with E-state index in [1.807, 2.05) is 12.1 Å². The summed E-state index contributed by atoms with van der Waals surface area (Å²) < 4.78 is 0. The van der Waals surface area contributed by atoms with Gasteiger partial charge in [0.05, 0.1) is 0 Å². The van der Waals surface area contributed by atoms with Gasteiger partial charge in [-0.05, 0) is 47.9 Å². The van der Waals surface area contributed by atoms with Crippen LogP contribution in [0.25, 0.3) is 0 Å². The van der Waals surface area contributed by atoms with Gasteiger partial charge in [0.15, 0.2) is 0 Å². The third-order valence-electron chi connectivity index (χ3n) is 4.94. The van der Waals surface area contributed by atoms with Crippen molar-refractivity contribution in [1.82, 2.24) is 0 Å². The first-order chi connectivity index (χ1) is 12.7. The third kappa shape index (κ3) is 5.29. The minimum absolute atomic E-state index is 0.0384. The molecule has 2 heteroatoms. The van der Waals surface area contributed by atoms with Crippen molar-refractivity contribution in [3.63, 3.8) is 0 Å². The normalized spacial score (nSPS) is 13.3. The maximum atomic E-state index is 6.44. The molecule has 2 atom stereocenters. The Hall–Kier alpha value is -2.42. The van der Waals surface area contributed by atoms with Crippen molar-refractivity contribution in [3.05, 3.63) is 107 Å². The SMILES string of the molecule is NC(CCc1ccccc1)c1cccc(C(N)CCc2ccccc2)c1. The van der Waals surface area contributed by atoms with Gasteiger partial charge in [-0.2, -0.15) is 0 Å². The number of nitrogens with two attached hydrogens (primary N) is 2. The van der Waals surface area contributed by atoms with Crippen LogP contribution in [-0.2, 0) is 12.8 Å². The minimum atomic E-state index is 0.0384. The quantitative estimate of drug-likeness (QED) is 0.607. The Morgan fingerprint density at radius 3 is 1.38 bits per heavy atom. The highest BCUT2D eigenvalue weighted by molar-refractivity contribution is 5.29. The van der Waals surface area contributed by atoms with Crippen molar-refractivity contribution >= 4 is 0 Å². The molecule has 3 rings (SSSR count). The molecule has 0 aliphatic rings. The zero-order valence-electron chi connectivity index (χ0n) is 15.2. The lowest BCUT2D eigenvalue weighted by Gasteiger charge is -2.17. The number of benzene rings is 3. The van der Waals surface area contributed by atoms with Crippen LogP contribution in [0.2, 0.25) is 0 Å². The van der Waals surface area contributed by atoms with E-state index in [0.29, 0.717) is 0 Å². The van der Waals surface area contributed by atoms with Crippen molar-refractivity contribution in [2.24, 2.45) is 11.5 Å². The number of hydrogen-bond acceptors (Lipinski definition) is 2. The van der Waals surface area contributed by atoms with Crippen LogP contribution in [0.4, 0.5) is 0 Å². The Morgan fingerprint density at radius 2 is 0.962 bits per heavy atom. The molecule has 0 fully saturated rings. The zero-order chi connectivity index (χ0) is 18.2. The molecule has 4 N–H and O–H groups in total. The van der Waals surface area contributed by atoms with Gasteiger partial charge in [0.25, 0.3) is 0 Å². The maximum absolute atomic E-state index is 6.44. The van der Waals surface area contributed by atoms with E-state index in [1.54, 1.807) is 0 Å². The maximum Gasteiger partial charge on any atom is 0.0298 e. The summed E-state index contributed by atoms with van der Waals surface area (Å²) >= 11 is 0. The van der Waals surface area contributed by atoms with Gasteiger partial charge >= 0.3 is 0 Å². The lowest BCUT2D eigenvalue weighted by atomic mass is 9.94. The molecule has 134 valence electrons. The summed E-state index contributed by atoms with van der Waals surface area (Å²) in [6.07, 6.45) is 3.86. The van der Waals surface area contributed by atoms with Crippen LogP contribution >= 0.6 is 0 Å². The molecule has 0 saturated heterocycles. The number of hydrogen-bond donors (Lipinski definition) is 2. The van der Waals surface area contributed by atoms with Crippen molar-refractivity contribution in [2.75, 3.05) is 0 Å². The van der Waals surface area contributed by atoms with E-state index >= 15 is 0 Å². The summed E-state index contributed by atoms with van der Waals surface area (Å²) in [4.78, 5) is 0. The average Bonchev–Trinajstić information content (AvgIpc) is 2.72. The number of rotatable bonds is 8. The molecule has 0 radical (unpaired) electrons. The Kier molecular flexibility index (Phi) is 6.59. The molecular weight excluding hydrogens is 316 g/mol. The molecule has 0 heterocycles. The molecule has 0 aliphatic heterocycles. The molecule has 0 saturated carbocycles. The molecule has 2 nitrogen and oxygen atoms in total. The van der Waals surface area contributed by atoms with E-state index in [1.165, 1.54) is 22.3 Å². The van der Waals surface area contributed by atoms with Crippen LogP contribution in [0.15, 0.2) is 84.9 Å². The Bertz CT molecular complexity index is 719. The first-order valence-corrected chi connectivity index (χ1v) is 9.41. The highest BCUT2D eigenvalue weighted by Crippen LogP contribution is 2.22. The van der Waals surface area contributed by atoms with Gasteiger partial charge in [-0.25, -0.2) is 0 Å². The average molecular weight is 345 g/mol. The molecule has 3 aromatic rings. The zero-order valence-corrected chi connectivity index (χ0v) is 15.2. The van der Waals surface area contributed by atoms with Gasteiger partial charge in [-0.1, -0.05) is 84.9 Å². The van der Waals surface area contributed by atoms with Gasteiger partial charge in [0.1, 0.15) is 0 Å². The minimum Gasteiger partial charge on any atom is -0.324 e. The largest absolute Gasteiger partial charge is 0.324 e. The first-order valence-electron chi connectivity index (χ1n) is 9.41. The molecule has 3 aromatic carbocycles. The highest BCUT2D eigenvalue weighted by Gasteiger charge is 2.11. The van der Waals surface area contributed by atoms with Gasteiger partial charge < -0.3 is 11.5 Å². The van der Waals surface area contributed by atoms with E-state index in [2.05, 4.69) is 72.8 Å². The van der Waals surface area contributed by atoms with Gasteiger partial charge in [-0.15, -0.1) is 0 Å². The van der Waals surface area contributed by atoms with Crippen LogP contribution in [-0.4, -0.2) is 0 Å². The predicted octanol–water partition coefficient (Wildman–Crippen LogP) is 4.95. The van der Waals surface area contributed by atoms with Crippen molar-refractivity contribution < 1.29 is 0 Å². The molecule has 0 spiro atoms. The molecule has 0 amide bonds. The Balaban J connectivity index is 1.58. The van der Waals surface area contributed by atoms with Crippen LogP contribution in [0, 0.1) is 0 Å². The fourth-order valence-corrected chi connectivity index (χ4v) is 3.29. The van der Waals surface area contributed by atoms with E-state index in [0.717, 1.165) is 25.7 Å².